The molecule has 144 valence electrons. The Morgan fingerprint density at radius 2 is 1.86 bits per heavy atom. The molecule has 0 bridgehead atoms. The number of piperazine rings is 1. The molecule has 8 nitrogen and oxygen atoms in total. The lowest BCUT2D eigenvalue weighted by Gasteiger charge is -2.36. The number of nitriles is 1. The van der Waals surface area contributed by atoms with Gasteiger partial charge in [0.25, 0.3) is 5.69 Å². The minimum atomic E-state index is -0.512. The normalized spacial score (nSPS) is 14.4. The smallest absolute Gasteiger partial charge is 0.270 e. The van der Waals surface area contributed by atoms with Gasteiger partial charge in [-0.1, -0.05) is 11.6 Å². The summed E-state index contributed by atoms with van der Waals surface area (Å²) in [5, 5.41) is 23.6. The number of halogens is 1. The lowest BCUT2D eigenvalue weighted by Crippen LogP contribution is -2.48. The highest BCUT2D eigenvalue weighted by molar-refractivity contribution is 6.30. The largest absolute Gasteiger partial charge is 0.368 e. The van der Waals surface area contributed by atoms with Gasteiger partial charge in [-0.05, 0) is 30.3 Å². The first-order chi connectivity index (χ1) is 13.5. The van der Waals surface area contributed by atoms with Crippen molar-refractivity contribution in [3.63, 3.8) is 0 Å². The first kappa shape index (κ1) is 19.6. The topological polar surface area (TPSA) is 103 Å². The fraction of sp³-hybridized carbons (Fsp3) is 0.263. The van der Waals surface area contributed by atoms with Gasteiger partial charge in [0.05, 0.1) is 22.7 Å². The van der Waals surface area contributed by atoms with Gasteiger partial charge in [-0.2, -0.15) is 5.26 Å². The van der Waals surface area contributed by atoms with E-state index >= 15 is 0 Å². The van der Waals surface area contributed by atoms with E-state index in [-0.39, 0.29) is 23.7 Å². The van der Waals surface area contributed by atoms with Gasteiger partial charge < -0.3 is 10.2 Å². The quantitative estimate of drug-likeness (QED) is 0.612. The van der Waals surface area contributed by atoms with Crippen molar-refractivity contribution in [2.75, 3.05) is 42.9 Å². The van der Waals surface area contributed by atoms with Crippen LogP contribution in [-0.4, -0.2) is 48.5 Å². The Morgan fingerprint density at radius 3 is 2.46 bits per heavy atom. The first-order valence-corrected chi connectivity index (χ1v) is 9.05. The van der Waals surface area contributed by atoms with Crippen LogP contribution in [0.3, 0.4) is 0 Å². The predicted octanol–water partition coefficient (Wildman–Crippen LogP) is 2.88. The molecule has 1 fully saturated rings. The maximum Gasteiger partial charge on any atom is 0.270 e. The van der Waals surface area contributed by atoms with Crippen LogP contribution in [0.25, 0.3) is 0 Å². The molecule has 0 radical (unpaired) electrons. The number of carbonyl (C=O) groups excluding carboxylic acids is 1. The van der Waals surface area contributed by atoms with Crippen molar-refractivity contribution in [2.24, 2.45) is 0 Å². The van der Waals surface area contributed by atoms with Crippen LogP contribution in [0.2, 0.25) is 5.02 Å². The number of nitro benzene ring substituents is 1. The summed E-state index contributed by atoms with van der Waals surface area (Å²) in [6.07, 6.45) is 0. The van der Waals surface area contributed by atoms with Crippen LogP contribution in [0.4, 0.5) is 17.1 Å². The third-order valence-electron chi connectivity index (χ3n) is 4.52. The van der Waals surface area contributed by atoms with E-state index in [9.17, 15) is 20.2 Å². The fourth-order valence-corrected chi connectivity index (χ4v) is 3.21. The Bertz CT molecular complexity index is 918. The third-order valence-corrected chi connectivity index (χ3v) is 4.77. The van der Waals surface area contributed by atoms with Gasteiger partial charge in [-0.25, -0.2) is 0 Å². The summed E-state index contributed by atoms with van der Waals surface area (Å²) in [5.74, 6) is -0.108. The Morgan fingerprint density at radius 1 is 1.18 bits per heavy atom. The fourth-order valence-electron chi connectivity index (χ4n) is 3.09. The van der Waals surface area contributed by atoms with Crippen LogP contribution in [0.5, 0.6) is 0 Å². The number of nitrogens with one attached hydrogen (secondary N) is 1. The molecule has 1 N–H and O–H groups in total. The lowest BCUT2D eigenvalue weighted by atomic mass is 10.1. The summed E-state index contributed by atoms with van der Waals surface area (Å²) < 4.78 is 0. The van der Waals surface area contributed by atoms with Crippen LogP contribution in [0.1, 0.15) is 5.56 Å². The second-order valence-corrected chi connectivity index (χ2v) is 6.83. The van der Waals surface area contributed by atoms with Gasteiger partial charge in [0.15, 0.2) is 0 Å². The second-order valence-electron chi connectivity index (χ2n) is 6.39. The molecule has 0 saturated carbocycles. The van der Waals surface area contributed by atoms with E-state index in [1.54, 1.807) is 30.3 Å². The predicted molar refractivity (Wildman–Crippen MR) is 107 cm³/mol. The number of non-ortho nitro benzene ring substituents is 1. The van der Waals surface area contributed by atoms with E-state index in [1.807, 2.05) is 15.9 Å². The molecule has 0 aliphatic carbocycles. The lowest BCUT2D eigenvalue weighted by molar-refractivity contribution is -0.384. The zero-order valence-corrected chi connectivity index (χ0v) is 15.7. The SMILES string of the molecule is N#Cc1cc([N+](=O)[O-])ccc1N1CCN(CC(=O)Nc2ccc(Cl)cc2)CC1. The van der Waals surface area contributed by atoms with Crippen molar-refractivity contribution >= 4 is 34.6 Å². The van der Waals surface area contributed by atoms with Gasteiger partial charge in [0, 0.05) is 49.0 Å². The molecule has 0 unspecified atom stereocenters. The molecular weight excluding hydrogens is 382 g/mol. The Kier molecular flexibility index (Phi) is 6.09. The highest BCUT2D eigenvalue weighted by Gasteiger charge is 2.22. The van der Waals surface area contributed by atoms with Crippen molar-refractivity contribution in [1.82, 2.24) is 4.90 Å². The zero-order valence-electron chi connectivity index (χ0n) is 15.0. The number of amides is 1. The zero-order chi connectivity index (χ0) is 20.1. The van der Waals surface area contributed by atoms with E-state index in [1.165, 1.54) is 12.1 Å². The summed E-state index contributed by atoms with van der Waals surface area (Å²) in [6.45, 7) is 2.81. The molecule has 28 heavy (non-hydrogen) atoms. The standard InChI is InChI=1S/C19H18ClN5O3/c20-15-1-3-16(4-2-15)22-19(26)13-23-7-9-24(10-8-23)18-6-5-17(25(27)28)11-14(18)12-21/h1-6,11H,7-10,13H2,(H,22,26). The maximum absolute atomic E-state index is 12.2. The van der Waals surface area contributed by atoms with Crippen molar-refractivity contribution in [3.8, 4) is 6.07 Å². The molecular formula is C19H18ClN5O3. The number of nitro groups is 1. The monoisotopic (exact) mass is 399 g/mol. The summed E-state index contributed by atoms with van der Waals surface area (Å²) in [7, 11) is 0. The summed E-state index contributed by atoms with van der Waals surface area (Å²) in [5.41, 5.74) is 1.55. The first-order valence-electron chi connectivity index (χ1n) is 8.67. The molecule has 1 amide bonds. The van der Waals surface area contributed by atoms with Gasteiger partial charge >= 0.3 is 0 Å². The summed E-state index contributed by atoms with van der Waals surface area (Å²) >= 11 is 5.83. The molecule has 9 heteroatoms. The van der Waals surface area contributed by atoms with E-state index in [0.717, 1.165) is 0 Å². The van der Waals surface area contributed by atoms with Gasteiger partial charge in [-0.3, -0.25) is 19.8 Å². The van der Waals surface area contributed by atoms with Crippen LogP contribution < -0.4 is 10.2 Å². The third kappa shape index (κ3) is 4.76. The number of hydrogen-bond acceptors (Lipinski definition) is 6. The summed E-state index contributed by atoms with van der Waals surface area (Å²) in [4.78, 5) is 26.6. The number of rotatable bonds is 5. The molecule has 1 heterocycles. The molecule has 1 aliphatic rings. The molecule has 2 aromatic carbocycles. The minimum absolute atomic E-state index is 0.0993. The van der Waals surface area contributed by atoms with E-state index in [4.69, 9.17) is 11.6 Å². The second kappa shape index (κ2) is 8.69. The average Bonchev–Trinajstić information content (AvgIpc) is 2.70. The van der Waals surface area contributed by atoms with Crippen LogP contribution in [0, 0.1) is 21.4 Å². The molecule has 1 saturated heterocycles. The van der Waals surface area contributed by atoms with Crippen molar-refractivity contribution < 1.29 is 9.72 Å². The Balaban J connectivity index is 1.56. The maximum atomic E-state index is 12.2. The van der Waals surface area contributed by atoms with E-state index in [0.29, 0.717) is 42.6 Å². The van der Waals surface area contributed by atoms with Gasteiger partial charge in [0.2, 0.25) is 5.91 Å². The van der Waals surface area contributed by atoms with Crippen molar-refractivity contribution in [3.05, 3.63) is 63.2 Å². The van der Waals surface area contributed by atoms with Crippen molar-refractivity contribution in [2.45, 2.75) is 0 Å². The number of benzene rings is 2. The Hall–Kier alpha value is -3.15. The Labute approximate surface area is 167 Å². The number of hydrogen-bond donors (Lipinski definition) is 1. The van der Waals surface area contributed by atoms with Crippen LogP contribution in [-0.2, 0) is 4.79 Å². The number of carbonyl (C=O) groups is 1. The van der Waals surface area contributed by atoms with Crippen LogP contribution in [0.15, 0.2) is 42.5 Å². The van der Waals surface area contributed by atoms with Gasteiger partial charge in [0.1, 0.15) is 6.07 Å². The summed E-state index contributed by atoms with van der Waals surface area (Å²) in [6, 6.07) is 13.3. The molecule has 0 atom stereocenters. The number of nitrogens with zero attached hydrogens (tertiary/aromatic N) is 4. The van der Waals surface area contributed by atoms with Crippen molar-refractivity contribution in [1.29, 1.82) is 5.26 Å². The molecule has 1 aliphatic heterocycles. The van der Waals surface area contributed by atoms with E-state index in [2.05, 4.69) is 5.32 Å². The minimum Gasteiger partial charge on any atom is -0.368 e. The number of anilines is 2. The molecule has 2 aromatic rings. The van der Waals surface area contributed by atoms with Gasteiger partial charge in [-0.15, -0.1) is 0 Å². The van der Waals surface area contributed by atoms with E-state index < -0.39 is 4.92 Å². The highest BCUT2D eigenvalue weighted by Crippen LogP contribution is 2.26. The molecule has 3 rings (SSSR count). The average molecular weight is 400 g/mol. The van der Waals surface area contributed by atoms with Crippen LogP contribution >= 0.6 is 11.6 Å². The molecule has 0 spiro atoms. The highest BCUT2D eigenvalue weighted by atomic mass is 35.5. The molecule has 0 aromatic heterocycles.